The number of esters is 3. The Morgan fingerprint density at radius 1 is 0.323 bits per heavy atom. The van der Waals surface area contributed by atoms with Gasteiger partial charge in [-0.15, -0.1) is 0 Å². The SMILES string of the molecule is CC/C=C\C/C=C\C/C=C\C/C=C\C/C=C\CCCC(=O)O[C@H](COC(=O)CCCCCCC/C=C\CCCC)COC(=O)CCCCCCCC/C=C\C/C=C\C/C=C\CCCCC. The highest BCUT2D eigenvalue weighted by Crippen LogP contribution is 2.13. The Balaban J connectivity index is 4.49. The molecule has 0 radical (unpaired) electrons. The molecule has 1 atom stereocenters. The van der Waals surface area contributed by atoms with Gasteiger partial charge in [-0.2, -0.15) is 0 Å². The third-order valence-corrected chi connectivity index (χ3v) is 10.7. The minimum Gasteiger partial charge on any atom is -0.462 e. The van der Waals surface area contributed by atoms with Gasteiger partial charge in [-0.05, 0) is 116 Å². The average Bonchev–Trinajstić information content (AvgIpc) is 3.30. The largest absolute Gasteiger partial charge is 0.462 e. The van der Waals surface area contributed by atoms with Gasteiger partial charge in [0.15, 0.2) is 6.10 Å². The minimum atomic E-state index is -0.818. The topological polar surface area (TPSA) is 78.9 Å². The molecule has 0 saturated heterocycles. The Kier molecular flexibility index (Phi) is 49.5. The summed E-state index contributed by atoms with van der Waals surface area (Å²) in [6.07, 6.45) is 70.8. The van der Waals surface area contributed by atoms with E-state index in [1.165, 1.54) is 64.2 Å². The number of hydrogen-bond donors (Lipinski definition) is 0. The smallest absolute Gasteiger partial charge is 0.306 e. The van der Waals surface area contributed by atoms with Crippen molar-refractivity contribution in [2.24, 2.45) is 0 Å². The summed E-state index contributed by atoms with van der Waals surface area (Å²) < 4.78 is 16.7. The van der Waals surface area contributed by atoms with Crippen LogP contribution in [0.15, 0.2) is 109 Å². The van der Waals surface area contributed by atoms with Crippen LogP contribution in [0.5, 0.6) is 0 Å². The molecule has 0 aliphatic carbocycles. The molecule has 0 aliphatic rings. The van der Waals surface area contributed by atoms with Crippen LogP contribution >= 0.6 is 0 Å². The van der Waals surface area contributed by atoms with Crippen LogP contribution in [0, 0.1) is 0 Å². The van der Waals surface area contributed by atoms with Crippen molar-refractivity contribution in [3.8, 4) is 0 Å². The van der Waals surface area contributed by atoms with Crippen LogP contribution in [0.1, 0.15) is 226 Å². The van der Waals surface area contributed by atoms with Gasteiger partial charge in [-0.1, -0.05) is 201 Å². The monoisotopic (exact) mass is 901 g/mol. The summed E-state index contributed by atoms with van der Waals surface area (Å²) in [5, 5.41) is 0. The molecule has 0 aromatic carbocycles. The summed E-state index contributed by atoms with van der Waals surface area (Å²) >= 11 is 0. The summed E-state index contributed by atoms with van der Waals surface area (Å²) in [4.78, 5) is 38.0. The first-order chi connectivity index (χ1) is 32.0. The highest BCUT2D eigenvalue weighted by atomic mass is 16.6. The van der Waals surface area contributed by atoms with Crippen LogP contribution in [-0.2, 0) is 28.6 Å². The van der Waals surface area contributed by atoms with Gasteiger partial charge in [0.25, 0.3) is 0 Å². The van der Waals surface area contributed by atoms with Crippen molar-refractivity contribution in [1.29, 1.82) is 0 Å². The highest BCUT2D eigenvalue weighted by Gasteiger charge is 2.19. The maximum absolute atomic E-state index is 12.8. The standard InChI is InChI=1S/C59H96O6/c1-4-7-10-13-16-19-22-24-26-28-29-31-32-34-37-40-43-46-49-52-58(61)64-55-56(54-63-57(60)51-48-45-42-39-36-21-18-15-12-9-6-3)65-59(62)53-50-47-44-41-38-35-33-30-27-25-23-20-17-14-11-8-5-2/h8,11,15-20,24-27,29,31,33,35,41,44,56H,4-7,9-10,12-14,21-23,28,30,32,34,36-40,42-43,45-55H2,1-3H3/b11-8-,18-15-,19-16-,20-17-,26-24-,27-25-,31-29-,35-33-,44-41-/t56-/m1/s1. The quantitative estimate of drug-likeness (QED) is 0.0262. The molecule has 0 bridgehead atoms. The molecule has 0 fully saturated rings. The summed E-state index contributed by atoms with van der Waals surface area (Å²) in [5.74, 6) is -0.998. The van der Waals surface area contributed by atoms with E-state index in [1.54, 1.807) is 0 Å². The van der Waals surface area contributed by atoms with Crippen LogP contribution < -0.4 is 0 Å². The van der Waals surface area contributed by atoms with Crippen molar-refractivity contribution in [2.75, 3.05) is 13.2 Å². The molecule has 368 valence electrons. The molecule has 0 aliphatic heterocycles. The number of hydrogen-bond acceptors (Lipinski definition) is 6. The average molecular weight is 901 g/mol. The summed E-state index contributed by atoms with van der Waals surface area (Å²) in [7, 11) is 0. The van der Waals surface area contributed by atoms with E-state index in [2.05, 4.69) is 130 Å². The van der Waals surface area contributed by atoms with Gasteiger partial charge in [-0.25, -0.2) is 0 Å². The maximum Gasteiger partial charge on any atom is 0.306 e. The Hall–Kier alpha value is -3.93. The fourth-order valence-electron chi connectivity index (χ4n) is 6.76. The first-order valence-electron chi connectivity index (χ1n) is 26.4. The third kappa shape index (κ3) is 50.9. The van der Waals surface area contributed by atoms with Gasteiger partial charge in [0, 0.05) is 19.3 Å². The van der Waals surface area contributed by atoms with Gasteiger partial charge in [-0.3, -0.25) is 14.4 Å². The van der Waals surface area contributed by atoms with Crippen LogP contribution in [0.3, 0.4) is 0 Å². The third-order valence-electron chi connectivity index (χ3n) is 10.7. The van der Waals surface area contributed by atoms with Crippen LogP contribution in [-0.4, -0.2) is 37.2 Å². The fourth-order valence-corrected chi connectivity index (χ4v) is 6.76. The molecule has 6 heteroatoms. The maximum atomic E-state index is 12.8. The molecule has 0 saturated carbocycles. The molecule has 0 aromatic rings. The van der Waals surface area contributed by atoms with Crippen molar-refractivity contribution in [3.05, 3.63) is 109 Å². The van der Waals surface area contributed by atoms with E-state index in [0.717, 1.165) is 116 Å². The molecule has 0 unspecified atom stereocenters. The number of allylic oxidation sites excluding steroid dienone is 18. The molecule has 0 rings (SSSR count). The van der Waals surface area contributed by atoms with Crippen molar-refractivity contribution in [3.63, 3.8) is 0 Å². The second-order valence-electron chi connectivity index (χ2n) is 17.0. The first kappa shape index (κ1) is 61.1. The first-order valence-corrected chi connectivity index (χ1v) is 26.4. The summed E-state index contributed by atoms with van der Waals surface area (Å²) in [5.41, 5.74) is 0. The predicted molar refractivity (Wildman–Crippen MR) is 279 cm³/mol. The van der Waals surface area contributed by atoms with E-state index in [4.69, 9.17) is 14.2 Å². The lowest BCUT2D eigenvalue weighted by Gasteiger charge is -2.18. The lowest BCUT2D eigenvalue weighted by atomic mass is 10.1. The van der Waals surface area contributed by atoms with Gasteiger partial charge < -0.3 is 14.2 Å². The zero-order chi connectivity index (χ0) is 47.2. The number of rotatable bonds is 46. The lowest BCUT2D eigenvalue weighted by molar-refractivity contribution is -0.167. The van der Waals surface area contributed by atoms with Crippen molar-refractivity contribution in [2.45, 2.75) is 232 Å². The lowest BCUT2D eigenvalue weighted by Crippen LogP contribution is -2.30. The molecule has 0 spiro atoms. The van der Waals surface area contributed by atoms with E-state index < -0.39 is 6.10 Å². The number of carbonyl (C=O) groups is 3. The molecular formula is C59H96O6. The van der Waals surface area contributed by atoms with Gasteiger partial charge in [0.2, 0.25) is 0 Å². The van der Waals surface area contributed by atoms with Gasteiger partial charge in [0.1, 0.15) is 13.2 Å². The summed E-state index contributed by atoms with van der Waals surface area (Å²) in [6, 6.07) is 0. The van der Waals surface area contributed by atoms with Crippen molar-refractivity contribution in [1.82, 2.24) is 0 Å². The minimum absolute atomic E-state index is 0.111. The van der Waals surface area contributed by atoms with Crippen LogP contribution in [0.4, 0.5) is 0 Å². The van der Waals surface area contributed by atoms with Gasteiger partial charge in [0.05, 0.1) is 0 Å². The molecule has 0 heterocycles. The predicted octanol–water partition coefficient (Wildman–Crippen LogP) is 17.5. The summed E-state index contributed by atoms with van der Waals surface area (Å²) in [6.45, 7) is 6.38. The molecular weight excluding hydrogens is 805 g/mol. The molecule has 6 nitrogen and oxygen atoms in total. The second-order valence-corrected chi connectivity index (χ2v) is 17.0. The van der Waals surface area contributed by atoms with E-state index in [9.17, 15) is 14.4 Å². The molecule has 0 amide bonds. The second kappa shape index (κ2) is 52.7. The number of carbonyl (C=O) groups excluding carboxylic acids is 3. The number of ether oxygens (including phenoxy) is 3. The molecule has 65 heavy (non-hydrogen) atoms. The van der Waals surface area contributed by atoms with Crippen LogP contribution in [0.25, 0.3) is 0 Å². The van der Waals surface area contributed by atoms with E-state index in [-0.39, 0.29) is 37.5 Å². The zero-order valence-corrected chi connectivity index (χ0v) is 42.0. The molecule has 0 aromatic heterocycles. The van der Waals surface area contributed by atoms with Crippen molar-refractivity contribution >= 4 is 17.9 Å². The van der Waals surface area contributed by atoms with Gasteiger partial charge >= 0.3 is 17.9 Å². The Labute approximate surface area is 400 Å². The van der Waals surface area contributed by atoms with E-state index >= 15 is 0 Å². The van der Waals surface area contributed by atoms with Crippen molar-refractivity contribution < 1.29 is 28.6 Å². The fraction of sp³-hybridized carbons (Fsp3) is 0.644. The molecule has 0 N–H and O–H groups in total. The number of unbranched alkanes of at least 4 members (excludes halogenated alkanes) is 17. The Morgan fingerprint density at radius 2 is 0.631 bits per heavy atom. The van der Waals surface area contributed by atoms with E-state index in [0.29, 0.717) is 19.3 Å². The normalized spacial score (nSPS) is 13.0. The van der Waals surface area contributed by atoms with E-state index in [1.807, 2.05) is 0 Å². The highest BCUT2D eigenvalue weighted by molar-refractivity contribution is 5.71. The van der Waals surface area contributed by atoms with Crippen LogP contribution in [0.2, 0.25) is 0 Å². The Morgan fingerprint density at radius 3 is 1.05 bits per heavy atom. The zero-order valence-electron chi connectivity index (χ0n) is 42.0. The Bertz CT molecular complexity index is 1360.